The molecule has 1 aliphatic heterocycles. The van der Waals surface area contributed by atoms with Crippen molar-refractivity contribution in [3.8, 4) is 11.5 Å². The molecule has 3 rings (SSSR count). The summed E-state index contributed by atoms with van der Waals surface area (Å²) >= 11 is 2.01. The van der Waals surface area contributed by atoms with Crippen LogP contribution < -0.4 is 15.2 Å². The maximum absolute atomic E-state index is 6.17. The lowest BCUT2D eigenvalue weighted by atomic mass is 9.89. The third-order valence-corrected chi connectivity index (χ3v) is 5.91. The quantitative estimate of drug-likeness (QED) is 0.906. The van der Waals surface area contributed by atoms with Crippen molar-refractivity contribution in [2.24, 2.45) is 5.73 Å². The molecule has 1 unspecified atom stereocenters. The predicted molar refractivity (Wildman–Crippen MR) is 88.5 cm³/mol. The van der Waals surface area contributed by atoms with Crippen LogP contribution in [-0.2, 0) is 5.41 Å². The summed E-state index contributed by atoms with van der Waals surface area (Å²) in [5.74, 6) is 4.11. The van der Waals surface area contributed by atoms with Crippen molar-refractivity contribution in [3.05, 3.63) is 23.8 Å². The molecule has 4 heteroatoms. The first kappa shape index (κ1) is 15.0. The average Bonchev–Trinajstić information content (AvgIpc) is 3.30. The fourth-order valence-electron chi connectivity index (χ4n) is 3.19. The normalized spacial score (nSPS) is 22.6. The molecule has 2 N–H and O–H groups in total. The van der Waals surface area contributed by atoms with Gasteiger partial charge < -0.3 is 15.2 Å². The van der Waals surface area contributed by atoms with Gasteiger partial charge in [-0.15, -0.1) is 0 Å². The minimum absolute atomic E-state index is 0.160. The van der Waals surface area contributed by atoms with Gasteiger partial charge in [0.05, 0.1) is 7.11 Å². The fourth-order valence-corrected chi connectivity index (χ4v) is 4.25. The van der Waals surface area contributed by atoms with Gasteiger partial charge in [-0.3, -0.25) is 0 Å². The number of hydrogen-bond donors (Lipinski definition) is 1. The van der Waals surface area contributed by atoms with Crippen molar-refractivity contribution in [2.75, 3.05) is 18.6 Å². The van der Waals surface area contributed by atoms with E-state index in [1.165, 1.54) is 29.9 Å². The highest BCUT2D eigenvalue weighted by molar-refractivity contribution is 7.99. The SMILES string of the molecule is COc1cc(C2(C(C)N)CC2)ccc1OC1CCSCC1. The van der Waals surface area contributed by atoms with E-state index in [2.05, 4.69) is 25.1 Å². The van der Waals surface area contributed by atoms with Crippen LogP contribution in [-0.4, -0.2) is 30.8 Å². The van der Waals surface area contributed by atoms with E-state index in [-0.39, 0.29) is 11.5 Å². The Morgan fingerprint density at radius 1 is 1.24 bits per heavy atom. The van der Waals surface area contributed by atoms with Crippen molar-refractivity contribution >= 4 is 11.8 Å². The Bertz CT molecular complexity index is 494. The molecule has 1 heterocycles. The molecule has 1 aromatic rings. The topological polar surface area (TPSA) is 44.5 Å². The van der Waals surface area contributed by atoms with Crippen LogP contribution in [0.2, 0.25) is 0 Å². The summed E-state index contributed by atoms with van der Waals surface area (Å²) in [5.41, 5.74) is 7.62. The number of thioether (sulfide) groups is 1. The largest absolute Gasteiger partial charge is 0.493 e. The highest BCUT2D eigenvalue weighted by Gasteiger charge is 2.47. The summed E-state index contributed by atoms with van der Waals surface area (Å²) in [6.45, 7) is 2.10. The molecule has 2 aliphatic rings. The molecular formula is C17H25NO2S. The maximum atomic E-state index is 6.17. The molecule has 0 aromatic heterocycles. The van der Waals surface area contributed by atoms with E-state index in [0.717, 1.165) is 24.3 Å². The first-order valence-electron chi connectivity index (χ1n) is 7.84. The summed E-state index contributed by atoms with van der Waals surface area (Å²) in [5, 5.41) is 0. The van der Waals surface area contributed by atoms with Gasteiger partial charge in [-0.2, -0.15) is 11.8 Å². The first-order chi connectivity index (χ1) is 10.2. The van der Waals surface area contributed by atoms with Crippen LogP contribution in [0.5, 0.6) is 11.5 Å². The van der Waals surface area contributed by atoms with Crippen molar-refractivity contribution in [1.29, 1.82) is 0 Å². The molecule has 3 nitrogen and oxygen atoms in total. The molecule has 1 aromatic carbocycles. The van der Waals surface area contributed by atoms with E-state index in [1.807, 2.05) is 11.8 Å². The van der Waals surface area contributed by atoms with Gasteiger partial charge in [0.2, 0.25) is 0 Å². The number of hydrogen-bond acceptors (Lipinski definition) is 4. The second-order valence-corrected chi connectivity index (χ2v) is 7.46. The monoisotopic (exact) mass is 307 g/mol. The molecule has 0 bridgehead atoms. The van der Waals surface area contributed by atoms with Gasteiger partial charge in [0.25, 0.3) is 0 Å². The van der Waals surface area contributed by atoms with Gasteiger partial charge >= 0.3 is 0 Å². The van der Waals surface area contributed by atoms with Gasteiger partial charge in [-0.25, -0.2) is 0 Å². The van der Waals surface area contributed by atoms with Crippen molar-refractivity contribution in [2.45, 2.75) is 50.2 Å². The molecule has 0 spiro atoms. The number of nitrogens with two attached hydrogens (primary N) is 1. The van der Waals surface area contributed by atoms with E-state index >= 15 is 0 Å². The average molecular weight is 307 g/mol. The number of rotatable bonds is 5. The standard InChI is InChI=1S/C17H25NO2S/c1-12(18)17(7-8-17)13-3-4-15(16(11-13)19-2)20-14-5-9-21-10-6-14/h3-4,11-12,14H,5-10,18H2,1-2H3. The van der Waals surface area contributed by atoms with E-state index < -0.39 is 0 Å². The molecule has 2 fully saturated rings. The summed E-state index contributed by atoms with van der Waals surface area (Å²) < 4.78 is 11.7. The summed E-state index contributed by atoms with van der Waals surface area (Å²) in [6.07, 6.45) is 4.93. The second kappa shape index (κ2) is 6.09. The van der Waals surface area contributed by atoms with Gasteiger partial charge in [0, 0.05) is 11.5 Å². The fraction of sp³-hybridized carbons (Fsp3) is 0.647. The Balaban J connectivity index is 1.79. The van der Waals surface area contributed by atoms with Crippen LogP contribution in [0, 0.1) is 0 Å². The minimum Gasteiger partial charge on any atom is -0.493 e. The molecule has 1 saturated heterocycles. The van der Waals surface area contributed by atoms with Crippen molar-refractivity contribution in [1.82, 2.24) is 0 Å². The van der Waals surface area contributed by atoms with E-state index in [1.54, 1.807) is 7.11 Å². The van der Waals surface area contributed by atoms with Crippen molar-refractivity contribution < 1.29 is 9.47 Å². The van der Waals surface area contributed by atoms with Gasteiger partial charge in [0.15, 0.2) is 11.5 Å². The van der Waals surface area contributed by atoms with Gasteiger partial charge in [-0.1, -0.05) is 6.07 Å². The number of ether oxygens (including phenoxy) is 2. The Morgan fingerprint density at radius 2 is 1.95 bits per heavy atom. The molecule has 0 radical (unpaired) electrons. The molecule has 1 saturated carbocycles. The van der Waals surface area contributed by atoms with Crippen LogP contribution in [0.1, 0.15) is 38.2 Å². The minimum atomic E-state index is 0.160. The van der Waals surface area contributed by atoms with Crippen LogP contribution in [0.15, 0.2) is 18.2 Å². The smallest absolute Gasteiger partial charge is 0.161 e. The molecule has 21 heavy (non-hydrogen) atoms. The summed E-state index contributed by atoms with van der Waals surface area (Å²) in [7, 11) is 1.72. The Morgan fingerprint density at radius 3 is 2.52 bits per heavy atom. The maximum Gasteiger partial charge on any atom is 0.161 e. The van der Waals surface area contributed by atoms with Crippen molar-refractivity contribution in [3.63, 3.8) is 0 Å². The molecule has 0 amide bonds. The first-order valence-corrected chi connectivity index (χ1v) is 9.00. The van der Waals surface area contributed by atoms with Gasteiger partial charge in [-0.05, 0) is 61.8 Å². The molecule has 116 valence electrons. The van der Waals surface area contributed by atoms with E-state index in [9.17, 15) is 0 Å². The van der Waals surface area contributed by atoms with E-state index in [4.69, 9.17) is 15.2 Å². The lowest BCUT2D eigenvalue weighted by Gasteiger charge is -2.25. The summed E-state index contributed by atoms with van der Waals surface area (Å²) in [4.78, 5) is 0. The molecule has 1 aliphatic carbocycles. The Hall–Kier alpha value is -0.870. The van der Waals surface area contributed by atoms with Crippen LogP contribution >= 0.6 is 11.8 Å². The molecule has 1 atom stereocenters. The van der Waals surface area contributed by atoms with Crippen LogP contribution in [0.25, 0.3) is 0 Å². The third-order valence-electron chi connectivity index (χ3n) is 4.86. The highest BCUT2D eigenvalue weighted by Crippen LogP contribution is 2.51. The zero-order valence-corrected chi connectivity index (χ0v) is 13.7. The lowest BCUT2D eigenvalue weighted by Crippen LogP contribution is -2.31. The number of benzene rings is 1. The Kier molecular flexibility index (Phi) is 4.36. The third kappa shape index (κ3) is 3.02. The zero-order chi connectivity index (χ0) is 14.9. The van der Waals surface area contributed by atoms with Crippen LogP contribution in [0.3, 0.4) is 0 Å². The highest BCUT2D eigenvalue weighted by atomic mass is 32.2. The van der Waals surface area contributed by atoms with E-state index in [0.29, 0.717) is 6.10 Å². The summed E-state index contributed by atoms with van der Waals surface area (Å²) in [6, 6.07) is 6.55. The Labute approximate surface area is 131 Å². The van der Waals surface area contributed by atoms with Crippen LogP contribution in [0.4, 0.5) is 0 Å². The number of methoxy groups -OCH3 is 1. The zero-order valence-electron chi connectivity index (χ0n) is 12.9. The predicted octanol–water partition coefficient (Wildman–Crippen LogP) is 3.35. The molecular weight excluding hydrogens is 282 g/mol. The van der Waals surface area contributed by atoms with Gasteiger partial charge in [0.1, 0.15) is 6.10 Å². The lowest BCUT2D eigenvalue weighted by molar-refractivity contribution is 0.184. The second-order valence-electron chi connectivity index (χ2n) is 6.24.